The van der Waals surface area contributed by atoms with Crippen molar-refractivity contribution in [3.63, 3.8) is 0 Å². The number of benzene rings is 1. The van der Waals surface area contributed by atoms with Crippen molar-refractivity contribution in [1.29, 1.82) is 0 Å². The number of aryl methyl sites for hydroxylation is 2. The molecule has 0 atom stereocenters. The van der Waals surface area contributed by atoms with Gasteiger partial charge in [-0.2, -0.15) is 5.10 Å². The van der Waals surface area contributed by atoms with Crippen molar-refractivity contribution < 1.29 is 9.90 Å². The Labute approximate surface area is 124 Å². The van der Waals surface area contributed by atoms with E-state index in [-0.39, 0.29) is 0 Å². The largest absolute Gasteiger partial charge is 0.476 e. The maximum atomic E-state index is 11.9. The van der Waals surface area contributed by atoms with E-state index in [4.69, 9.17) is 5.11 Å². The molecule has 0 saturated heterocycles. The molecule has 1 N–H and O–H groups in total. The first kappa shape index (κ1) is 14.5. The Hall–Kier alpha value is -1.95. The average molecular weight is 337 g/mol. The monoisotopic (exact) mass is 336 g/mol. The Morgan fingerprint density at radius 3 is 2.70 bits per heavy atom. The number of carboxylic acids is 1. The molecule has 2 aromatic rings. The Bertz CT molecular complexity index is 738. The van der Waals surface area contributed by atoms with Crippen LogP contribution in [0.15, 0.2) is 33.7 Å². The summed E-state index contributed by atoms with van der Waals surface area (Å²) in [5.41, 5.74) is 1.16. The minimum atomic E-state index is -1.31. The minimum Gasteiger partial charge on any atom is -0.476 e. The van der Waals surface area contributed by atoms with Crippen LogP contribution in [0, 0.1) is 6.92 Å². The second-order valence-corrected chi connectivity index (χ2v) is 5.22. The molecule has 0 amide bonds. The summed E-state index contributed by atoms with van der Waals surface area (Å²) in [6.45, 7) is 3.73. The highest BCUT2D eigenvalue weighted by atomic mass is 79.9. The highest BCUT2D eigenvalue weighted by molar-refractivity contribution is 9.10. The van der Waals surface area contributed by atoms with Gasteiger partial charge in [-0.1, -0.05) is 22.9 Å². The zero-order chi connectivity index (χ0) is 14.9. The smallest absolute Gasteiger partial charge is 0.360 e. The first-order chi connectivity index (χ1) is 9.43. The fourth-order valence-electron chi connectivity index (χ4n) is 1.84. The van der Waals surface area contributed by atoms with Crippen LogP contribution in [0.4, 0.5) is 0 Å². The molecule has 0 bridgehead atoms. The predicted molar refractivity (Wildman–Crippen MR) is 78.6 cm³/mol. The lowest BCUT2D eigenvalue weighted by Crippen LogP contribution is -2.24. The summed E-state index contributed by atoms with van der Waals surface area (Å²) in [4.78, 5) is 23.0. The third kappa shape index (κ3) is 2.65. The first-order valence-corrected chi connectivity index (χ1v) is 6.86. The van der Waals surface area contributed by atoms with E-state index in [1.807, 2.05) is 19.1 Å². The van der Waals surface area contributed by atoms with Crippen LogP contribution in [-0.4, -0.2) is 20.9 Å². The number of carbonyl (C=O) groups is 1. The van der Waals surface area contributed by atoms with Gasteiger partial charge in [-0.05, 0) is 37.1 Å². The van der Waals surface area contributed by atoms with Crippen LogP contribution >= 0.6 is 15.9 Å². The van der Waals surface area contributed by atoms with Gasteiger partial charge in [0.2, 0.25) is 11.1 Å². The summed E-state index contributed by atoms with van der Waals surface area (Å²) in [6, 6.07) is 5.53. The predicted octanol–water partition coefficient (Wildman–Crippen LogP) is 2.56. The van der Waals surface area contributed by atoms with Gasteiger partial charge in [0.15, 0.2) is 0 Å². The molecule has 0 aliphatic heterocycles. The molecule has 1 aromatic carbocycles. The van der Waals surface area contributed by atoms with Crippen LogP contribution in [0.3, 0.4) is 0 Å². The van der Waals surface area contributed by atoms with Crippen LogP contribution in [0.5, 0.6) is 0 Å². The maximum absolute atomic E-state index is 11.9. The summed E-state index contributed by atoms with van der Waals surface area (Å²) in [5.74, 6) is -1.31. The Morgan fingerprint density at radius 1 is 1.45 bits per heavy atom. The fourth-order valence-corrected chi connectivity index (χ4v) is 2.08. The van der Waals surface area contributed by atoms with E-state index in [1.165, 1.54) is 4.68 Å². The van der Waals surface area contributed by atoms with Crippen LogP contribution in [0.2, 0.25) is 0 Å². The van der Waals surface area contributed by atoms with E-state index in [0.29, 0.717) is 17.7 Å². The van der Waals surface area contributed by atoms with Crippen molar-refractivity contribution in [3.8, 4) is 5.69 Å². The van der Waals surface area contributed by atoms with Gasteiger partial charge in [0.05, 0.1) is 5.69 Å². The number of rotatable bonds is 3. The average Bonchev–Trinajstić information content (AvgIpc) is 2.42. The van der Waals surface area contributed by atoms with Crippen LogP contribution in [-0.2, 0) is 6.42 Å². The fraction of sp³-hybridized carbons (Fsp3) is 0.214. The lowest BCUT2D eigenvalue weighted by atomic mass is 10.2. The Balaban J connectivity index is 2.68. The summed E-state index contributed by atoms with van der Waals surface area (Å²) in [6.07, 6.45) is 2.04. The van der Waals surface area contributed by atoms with Gasteiger partial charge >= 0.3 is 5.97 Å². The van der Waals surface area contributed by atoms with Gasteiger partial charge in [0.1, 0.15) is 0 Å². The molecule has 5 nitrogen and oxygen atoms in total. The lowest BCUT2D eigenvalue weighted by Gasteiger charge is -2.10. The summed E-state index contributed by atoms with van der Waals surface area (Å²) in [7, 11) is 0. The topological polar surface area (TPSA) is 72.2 Å². The van der Waals surface area contributed by atoms with Crippen LogP contribution < -0.4 is 5.43 Å². The molecular formula is C14H13BrN2O3. The SMILES string of the molecule is CCc1cn(-c2ccc(Br)c(C)c2)nc(C(=O)O)c1=O. The van der Waals surface area contributed by atoms with Gasteiger partial charge in [0.25, 0.3) is 0 Å². The normalized spacial score (nSPS) is 10.6. The molecule has 1 heterocycles. The van der Waals surface area contributed by atoms with Crippen molar-refractivity contribution in [2.45, 2.75) is 20.3 Å². The molecule has 0 unspecified atom stereocenters. The van der Waals surface area contributed by atoms with Crippen molar-refractivity contribution in [1.82, 2.24) is 9.78 Å². The van der Waals surface area contributed by atoms with Crippen molar-refractivity contribution in [3.05, 3.63) is 55.9 Å². The lowest BCUT2D eigenvalue weighted by molar-refractivity contribution is 0.0686. The van der Waals surface area contributed by atoms with Crippen molar-refractivity contribution >= 4 is 21.9 Å². The number of aromatic carboxylic acids is 1. The molecule has 6 heteroatoms. The van der Waals surface area contributed by atoms with Gasteiger partial charge in [0, 0.05) is 16.2 Å². The Morgan fingerprint density at radius 2 is 2.15 bits per heavy atom. The standard InChI is InChI=1S/C14H13BrN2O3/c1-3-9-7-17(16-12(13(9)18)14(19)20)10-4-5-11(15)8(2)6-10/h4-7H,3H2,1-2H3,(H,19,20). The molecular weight excluding hydrogens is 324 g/mol. The van der Waals surface area contributed by atoms with Crippen molar-refractivity contribution in [2.75, 3.05) is 0 Å². The second-order valence-electron chi connectivity index (χ2n) is 4.37. The molecule has 1 aromatic heterocycles. The summed E-state index contributed by atoms with van der Waals surface area (Å²) >= 11 is 3.41. The number of halogens is 1. The zero-order valence-corrected chi connectivity index (χ0v) is 12.6. The summed E-state index contributed by atoms with van der Waals surface area (Å²) < 4.78 is 2.39. The summed E-state index contributed by atoms with van der Waals surface area (Å²) in [5, 5.41) is 13.0. The number of hydrogen-bond donors (Lipinski definition) is 1. The third-order valence-electron chi connectivity index (χ3n) is 2.98. The molecule has 0 spiro atoms. The molecule has 0 aliphatic rings. The molecule has 0 saturated carbocycles. The number of hydrogen-bond acceptors (Lipinski definition) is 3. The van der Waals surface area contributed by atoms with Gasteiger partial charge in [-0.15, -0.1) is 0 Å². The molecule has 0 fully saturated rings. The first-order valence-electron chi connectivity index (χ1n) is 6.06. The van der Waals surface area contributed by atoms with E-state index in [9.17, 15) is 9.59 Å². The number of aromatic nitrogens is 2. The minimum absolute atomic E-state index is 0.429. The molecule has 0 aliphatic carbocycles. The van der Waals surface area contributed by atoms with Gasteiger partial charge in [-0.25, -0.2) is 9.48 Å². The second kappa shape index (κ2) is 5.58. The highest BCUT2D eigenvalue weighted by Gasteiger charge is 2.15. The van der Waals surface area contributed by atoms with E-state index in [1.54, 1.807) is 19.2 Å². The molecule has 104 valence electrons. The molecule has 2 rings (SSSR count). The maximum Gasteiger partial charge on any atom is 0.360 e. The third-order valence-corrected chi connectivity index (χ3v) is 3.87. The highest BCUT2D eigenvalue weighted by Crippen LogP contribution is 2.19. The van der Waals surface area contributed by atoms with E-state index < -0.39 is 17.1 Å². The molecule has 20 heavy (non-hydrogen) atoms. The quantitative estimate of drug-likeness (QED) is 0.934. The van der Waals surface area contributed by atoms with Crippen molar-refractivity contribution in [2.24, 2.45) is 0 Å². The number of nitrogens with zero attached hydrogens (tertiary/aromatic N) is 2. The van der Waals surface area contributed by atoms with E-state index in [2.05, 4.69) is 21.0 Å². The van der Waals surface area contributed by atoms with Gasteiger partial charge in [-0.3, -0.25) is 4.79 Å². The van der Waals surface area contributed by atoms with Crippen LogP contribution in [0.25, 0.3) is 5.69 Å². The Kier molecular flexibility index (Phi) is 4.04. The van der Waals surface area contributed by atoms with E-state index >= 15 is 0 Å². The van der Waals surface area contributed by atoms with Crippen LogP contribution in [0.1, 0.15) is 28.5 Å². The van der Waals surface area contributed by atoms with Gasteiger partial charge < -0.3 is 5.11 Å². The van der Waals surface area contributed by atoms with E-state index in [0.717, 1.165) is 10.0 Å². The zero-order valence-electron chi connectivity index (χ0n) is 11.1. The molecule has 0 radical (unpaired) electrons. The number of carboxylic acid groups (broad SMARTS) is 1.